The summed E-state index contributed by atoms with van der Waals surface area (Å²) in [6.07, 6.45) is -4.58. The first kappa shape index (κ1) is 17.1. The molecule has 0 aliphatic heterocycles. The molecule has 0 spiro atoms. The van der Waals surface area contributed by atoms with Crippen molar-refractivity contribution in [2.75, 3.05) is 13.2 Å². The van der Waals surface area contributed by atoms with Gasteiger partial charge in [0.2, 0.25) is 0 Å². The number of amides is 1. The Balaban J connectivity index is 1.91. The molecular formula is C16H13ClF3NO2. The van der Waals surface area contributed by atoms with Gasteiger partial charge in [-0.25, -0.2) is 0 Å². The number of carbonyl (C=O) groups is 1. The molecule has 0 bridgehead atoms. The van der Waals surface area contributed by atoms with Crippen molar-refractivity contribution in [1.29, 1.82) is 0 Å². The van der Waals surface area contributed by atoms with Gasteiger partial charge in [0, 0.05) is 5.02 Å². The van der Waals surface area contributed by atoms with Crippen molar-refractivity contribution in [3.8, 4) is 5.75 Å². The van der Waals surface area contributed by atoms with E-state index in [1.54, 1.807) is 24.3 Å². The highest BCUT2D eigenvalue weighted by molar-refractivity contribution is 6.30. The number of halogens is 4. The maximum atomic E-state index is 12.8. The van der Waals surface area contributed by atoms with Crippen LogP contribution in [0, 0.1) is 0 Å². The molecule has 0 fully saturated rings. The van der Waals surface area contributed by atoms with Crippen LogP contribution in [0.2, 0.25) is 5.02 Å². The maximum absolute atomic E-state index is 12.8. The molecule has 0 aromatic heterocycles. The van der Waals surface area contributed by atoms with Gasteiger partial charge in [-0.3, -0.25) is 4.79 Å². The number of ether oxygens (including phenoxy) is 1. The highest BCUT2D eigenvalue weighted by atomic mass is 35.5. The molecule has 2 aromatic carbocycles. The summed E-state index contributed by atoms with van der Waals surface area (Å²) in [5.74, 6) is -0.282. The largest absolute Gasteiger partial charge is 0.492 e. The standard InChI is InChI=1S/C16H13ClF3NO2/c17-11-4-3-5-12(10-11)23-9-8-21-15(22)13-6-1-2-7-14(13)16(18,19)20/h1-7,10H,8-9H2,(H,21,22). The number of carbonyl (C=O) groups excluding carboxylic acids is 1. The Morgan fingerprint density at radius 1 is 1.13 bits per heavy atom. The lowest BCUT2D eigenvalue weighted by molar-refractivity contribution is -0.137. The predicted octanol–water partition coefficient (Wildman–Crippen LogP) is 4.17. The molecule has 0 radical (unpaired) electrons. The molecule has 2 aromatic rings. The zero-order valence-corrected chi connectivity index (χ0v) is 12.6. The summed E-state index contributed by atoms with van der Waals surface area (Å²) in [6.45, 7) is 0.178. The SMILES string of the molecule is O=C(NCCOc1cccc(Cl)c1)c1ccccc1C(F)(F)F. The summed E-state index contributed by atoms with van der Waals surface area (Å²) in [4.78, 5) is 11.9. The lowest BCUT2D eigenvalue weighted by Gasteiger charge is -2.13. The number of nitrogens with one attached hydrogen (secondary N) is 1. The molecule has 23 heavy (non-hydrogen) atoms. The molecule has 0 heterocycles. The van der Waals surface area contributed by atoms with Crippen LogP contribution in [-0.4, -0.2) is 19.1 Å². The summed E-state index contributed by atoms with van der Waals surface area (Å²) in [6, 6.07) is 11.3. The summed E-state index contributed by atoms with van der Waals surface area (Å²) >= 11 is 5.79. The molecule has 0 aliphatic carbocycles. The van der Waals surface area contributed by atoms with Crippen molar-refractivity contribution >= 4 is 17.5 Å². The fraction of sp³-hybridized carbons (Fsp3) is 0.188. The Kier molecular flexibility index (Phi) is 5.50. The van der Waals surface area contributed by atoms with E-state index in [4.69, 9.17) is 16.3 Å². The van der Waals surface area contributed by atoms with Crippen LogP contribution in [0.3, 0.4) is 0 Å². The maximum Gasteiger partial charge on any atom is 0.417 e. The topological polar surface area (TPSA) is 38.3 Å². The number of rotatable bonds is 5. The lowest BCUT2D eigenvalue weighted by atomic mass is 10.1. The molecule has 3 nitrogen and oxygen atoms in total. The molecule has 0 atom stereocenters. The lowest BCUT2D eigenvalue weighted by Crippen LogP contribution is -2.30. The van der Waals surface area contributed by atoms with Crippen LogP contribution in [0.1, 0.15) is 15.9 Å². The van der Waals surface area contributed by atoms with E-state index < -0.39 is 23.2 Å². The van der Waals surface area contributed by atoms with Crippen molar-refractivity contribution in [3.63, 3.8) is 0 Å². The van der Waals surface area contributed by atoms with Crippen LogP contribution in [-0.2, 0) is 6.18 Å². The average Bonchev–Trinajstić information content (AvgIpc) is 2.50. The van der Waals surface area contributed by atoms with Crippen molar-refractivity contribution in [1.82, 2.24) is 5.32 Å². The predicted molar refractivity (Wildman–Crippen MR) is 80.7 cm³/mol. The monoisotopic (exact) mass is 343 g/mol. The van der Waals surface area contributed by atoms with Crippen molar-refractivity contribution in [2.24, 2.45) is 0 Å². The van der Waals surface area contributed by atoms with Gasteiger partial charge >= 0.3 is 6.18 Å². The van der Waals surface area contributed by atoms with E-state index in [1.165, 1.54) is 12.1 Å². The van der Waals surface area contributed by atoms with E-state index >= 15 is 0 Å². The van der Waals surface area contributed by atoms with Gasteiger partial charge in [-0.2, -0.15) is 13.2 Å². The third-order valence-corrected chi connectivity index (χ3v) is 3.16. The van der Waals surface area contributed by atoms with Crippen LogP contribution in [0.4, 0.5) is 13.2 Å². The van der Waals surface area contributed by atoms with Gasteiger partial charge in [0.25, 0.3) is 5.91 Å². The second-order valence-electron chi connectivity index (χ2n) is 4.61. The Labute approximate surface area is 136 Å². The Morgan fingerprint density at radius 3 is 2.57 bits per heavy atom. The van der Waals surface area contributed by atoms with Gasteiger partial charge in [0.15, 0.2) is 0 Å². The number of benzene rings is 2. The highest BCUT2D eigenvalue weighted by Crippen LogP contribution is 2.31. The van der Waals surface area contributed by atoms with Crippen molar-refractivity contribution in [3.05, 3.63) is 64.7 Å². The molecule has 1 amide bonds. The van der Waals surface area contributed by atoms with Crippen LogP contribution >= 0.6 is 11.6 Å². The molecule has 2 rings (SSSR count). The summed E-state index contributed by atoms with van der Waals surface area (Å²) in [5.41, 5.74) is -1.38. The number of alkyl halides is 3. The van der Waals surface area contributed by atoms with Crippen LogP contribution in [0.25, 0.3) is 0 Å². The minimum absolute atomic E-state index is 0.0670. The van der Waals surface area contributed by atoms with E-state index in [-0.39, 0.29) is 13.2 Å². The first-order valence-electron chi connectivity index (χ1n) is 6.71. The smallest absolute Gasteiger partial charge is 0.417 e. The van der Waals surface area contributed by atoms with Crippen LogP contribution in [0.15, 0.2) is 48.5 Å². The average molecular weight is 344 g/mol. The van der Waals surface area contributed by atoms with Crippen molar-refractivity contribution < 1.29 is 22.7 Å². The molecule has 0 unspecified atom stereocenters. The van der Waals surface area contributed by atoms with Crippen molar-refractivity contribution in [2.45, 2.75) is 6.18 Å². The molecule has 7 heteroatoms. The van der Waals surface area contributed by atoms with Gasteiger partial charge in [-0.15, -0.1) is 0 Å². The first-order chi connectivity index (χ1) is 10.9. The number of hydrogen-bond acceptors (Lipinski definition) is 2. The third kappa shape index (κ3) is 4.89. The fourth-order valence-electron chi connectivity index (χ4n) is 1.91. The van der Waals surface area contributed by atoms with E-state index in [0.717, 1.165) is 12.1 Å². The Bertz CT molecular complexity index is 689. The van der Waals surface area contributed by atoms with Crippen LogP contribution in [0.5, 0.6) is 5.75 Å². The normalized spacial score (nSPS) is 11.1. The molecule has 1 N–H and O–H groups in total. The highest BCUT2D eigenvalue weighted by Gasteiger charge is 2.34. The molecule has 0 aliphatic rings. The molecular weight excluding hydrogens is 331 g/mol. The Hall–Kier alpha value is -2.21. The molecule has 122 valence electrons. The quantitative estimate of drug-likeness (QED) is 0.828. The van der Waals surface area contributed by atoms with E-state index in [1.807, 2.05) is 0 Å². The van der Waals surface area contributed by atoms with E-state index in [2.05, 4.69) is 5.32 Å². The zero-order chi connectivity index (χ0) is 16.9. The number of hydrogen-bond donors (Lipinski definition) is 1. The third-order valence-electron chi connectivity index (χ3n) is 2.93. The summed E-state index contributed by atoms with van der Waals surface area (Å²) < 4.78 is 43.9. The zero-order valence-electron chi connectivity index (χ0n) is 11.9. The van der Waals surface area contributed by atoms with Gasteiger partial charge < -0.3 is 10.1 Å². The fourth-order valence-corrected chi connectivity index (χ4v) is 2.09. The minimum Gasteiger partial charge on any atom is -0.492 e. The van der Waals surface area contributed by atoms with Crippen LogP contribution < -0.4 is 10.1 Å². The van der Waals surface area contributed by atoms with Gasteiger partial charge in [-0.1, -0.05) is 29.8 Å². The van der Waals surface area contributed by atoms with Gasteiger partial charge in [-0.05, 0) is 30.3 Å². The summed E-state index contributed by atoms with van der Waals surface area (Å²) in [7, 11) is 0. The second-order valence-corrected chi connectivity index (χ2v) is 5.04. The summed E-state index contributed by atoms with van der Waals surface area (Å²) in [5, 5.41) is 2.90. The minimum atomic E-state index is -4.58. The van der Waals surface area contributed by atoms with Gasteiger partial charge in [0.1, 0.15) is 12.4 Å². The first-order valence-corrected chi connectivity index (χ1v) is 7.08. The van der Waals surface area contributed by atoms with Gasteiger partial charge in [0.05, 0.1) is 17.7 Å². The van der Waals surface area contributed by atoms with E-state index in [0.29, 0.717) is 10.8 Å². The van der Waals surface area contributed by atoms with E-state index in [9.17, 15) is 18.0 Å². The molecule has 0 saturated heterocycles. The molecule has 0 saturated carbocycles. The Morgan fingerprint density at radius 2 is 1.87 bits per heavy atom. The second kappa shape index (κ2) is 7.37.